The summed E-state index contributed by atoms with van der Waals surface area (Å²) in [4.78, 5) is 6.05. The van der Waals surface area contributed by atoms with Gasteiger partial charge in [0, 0.05) is 0 Å². The maximum absolute atomic E-state index is 3.92. The summed E-state index contributed by atoms with van der Waals surface area (Å²) in [6, 6.07) is 0.431. The minimum Gasteiger partial charge on any atom is -0.279 e. The minimum absolute atomic E-state index is 0.431. The molecule has 0 saturated carbocycles. The van der Waals surface area contributed by atoms with Crippen molar-refractivity contribution in [3.63, 3.8) is 0 Å². The van der Waals surface area contributed by atoms with Gasteiger partial charge in [0.2, 0.25) is 0 Å². The number of hydrogen-bond donors (Lipinski definition) is 0. The van der Waals surface area contributed by atoms with Gasteiger partial charge >= 0.3 is 0 Å². The lowest BCUT2D eigenvalue weighted by Crippen LogP contribution is -2.23. The Kier molecular flexibility index (Phi) is 1.11. The molecule has 1 aliphatic heterocycles. The van der Waals surface area contributed by atoms with Gasteiger partial charge in [-0.25, -0.2) is 0 Å². The zero-order chi connectivity index (χ0) is 5.28. The largest absolute Gasteiger partial charge is 0.279 e. The fraction of sp³-hybridized carbons (Fsp3) is 0.800. The van der Waals surface area contributed by atoms with Gasteiger partial charge < -0.3 is 0 Å². The summed E-state index contributed by atoms with van der Waals surface area (Å²) in [5.74, 6) is 0. The quantitative estimate of drug-likeness (QED) is 0.422. The van der Waals surface area contributed by atoms with E-state index in [1.54, 1.807) is 0 Å². The van der Waals surface area contributed by atoms with Crippen molar-refractivity contribution in [1.82, 2.24) is 4.90 Å². The highest BCUT2D eigenvalue weighted by molar-refractivity contribution is 5.65. The van der Waals surface area contributed by atoms with E-state index in [2.05, 4.69) is 23.0 Å². The molecule has 0 fully saturated rings. The minimum atomic E-state index is 0.431. The number of rotatable bonds is 0. The average molecular weight is 97.1 g/mol. The van der Waals surface area contributed by atoms with E-state index in [-0.39, 0.29) is 0 Å². The van der Waals surface area contributed by atoms with Gasteiger partial charge in [-0.3, -0.25) is 9.89 Å². The zero-order valence-electron chi connectivity index (χ0n) is 4.68. The summed E-state index contributed by atoms with van der Waals surface area (Å²) >= 11 is 0. The Labute approximate surface area is 43.8 Å². The highest BCUT2D eigenvalue weighted by Crippen LogP contribution is 1.97. The van der Waals surface area contributed by atoms with Crippen molar-refractivity contribution in [3.05, 3.63) is 0 Å². The van der Waals surface area contributed by atoms with E-state index in [4.69, 9.17) is 0 Å². The maximum atomic E-state index is 3.92. The van der Waals surface area contributed by atoms with E-state index in [0.29, 0.717) is 6.04 Å². The number of nitrogens with zero attached hydrogens (tertiary/aromatic N) is 2. The molecule has 1 aliphatic rings. The topological polar surface area (TPSA) is 15.6 Å². The van der Waals surface area contributed by atoms with E-state index in [1.165, 1.54) is 0 Å². The predicted octanol–water partition coefficient (Wildman–Crippen LogP) is 0.226. The van der Waals surface area contributed by atoms with Gasteiger partial charge in [0.25, 0.3) is 0 Å². The highest BCUT2D eigenvalue weighted by atomic mass is 15.2. The van der Waals surface area contributed by atoms with E-state index >= 15 is 0 Å². The standard InChI is InChI=1S/C5H9N2/c1-5-3-6-4-7(5)2/h5H,4H2,1-2H3. The van der Waals surface area contributed by atoms with Crippen LogP contribution in [0.5, 0.6) is 0 Å². The first-order chi connectivity index (χ1) is 3.30. The molecule has 1 unspecified atom stereocenters. The molecule has 0 amide bonds. The van der Waals surface area contributed by atoms with Crippen molar-refractivity contribution in [1.29, 1.82) is 0 Å². The van der Waals surface area contributed by atoms with Crippen LogP contribution in [0.2, 0.25) is 0 Å². The normalized spacial score (nSPS) is 32.0. The summed E-state index contributed by atoms with van der Waals surface area (Å²) in [5.41, 5.74) is 0. The van der Waals surface area contributed by atoms with E-state index in [0.717, 1.165) is 6.67 Å². The molecule has 0 N–H and O–H groups in total. The Balaban J connectivity index is 2.45. The van der Waals surface area contributed by atoms with Crippen LogP contribution >= 0.6 is 0 Å². The smallest absolute Gasteiger partial charge is 0.0917 e. The van der Waals surface area contributed by atoms with Crippen molar-refractivity contribution < 1.29 is 0 Å². The predicted molar refractivity (Wildman–Crippen MR) is 29.5 cm³/mol. The first-order valence-corrected chi connectivity index (χ1v) is 2.43. The average Bonchev–Trinajstić information content (AvgIpc) is 1.91. The molecule has 7 heavy (non-hydrogen) atoms. The first kappa shape index (κ1) is 4.78. The molecule has 0 spiro atoms. The van der Waals surface area contributed by atoms with Crippen molar-refractivity contribution in [2.45, 2.75) is 13.0 Å². The molecule has 0 aromatic rings. The summed E-state index contributed by atoms with van der Waals surface area (Å²) in [7, 11) is 2.04. The summed E-state index contributed by atoms with van der Waals surface area (Å²) in [6.45, 7) is 2.90. The molecule has 0 aromatic heterocycles. The molecule has 39 valence electrons. The van der Waals surface area contributed by atoms with Gasteiger partial charge in [-0.1, -0.05) is 0 Å². The Morgan fingerprint density at radius 2 is 2.57 bits per heavy atom. The van der Waals surface area contributed by atoms with Crippen molar-refractivity contribution in [3.8, 4) is 0 Å². The van der Waals surface area contributed by atoms with Gasteiger partial charge in [-0.2, -0.15) is 0 Å². The van der Waals surface area contributed by atoms with Crippen LogP contribution in [0.25, 0.3) is 0 Å². The second kappa shape index (κ2) is 1.62. The lowest BCUT2D eigenvalue weighted by atomic mass is 10.4. The van der Waals surface area contributed by atoms with Crippen molar-refractivity contribution in [2.24, 2.45) is 4.99 Å². The van der Waals surface area contributed by atoms with Gasteiger partial charge in [0.1, 0.15) is 0 Å². The molecule has 2 heteroatoms. The fourth-order valence-electron chi connectivity index (χ4n) is 0.506. The molecule has 2 nitrogen and oxygen atoms in total. The molecule has 0 bridgehead atoms. The summed E-state index contributed by atoms with van der Waals surface area (Å²) in [5, 5.41) is 0. The van der Waals surface area contributed by atoms with Crippen molar-refractivity contribution >= 4 is 6.21 Å². The van der Waals surface area contributed by atoms with Crippen LogP contribution in [-0.2, 0) is 0 Å². The Morgan fingerprint density at radius 1 is 1.86 bits per heavy atom. The number of hydrogen-bond acceptors (Lipinski definition) is 2. The molecule has 1 atom stereocenters. The third-order valence-electron chi connectivity index (χ3n) is 1.23. The second-order valence-corrected chi connectivity index (χ2v) is 1.86. The maximum Gasteiger partial charge on any atom is 0.0917 e. The molecule has 0 aliphatic carbocycles. The monoisotopic (exact) mass is 97.1 g/mol. The van der Waals surface area contributed by atoms with Crippen LogP contribution in [0.3, 0.4) is 0 Å². The number of aliphatic imine (C=N–C) groups is 1. The molecule has 0 saturated heterocycles. The molecule has 1 radical (unpaired) electrons. The van der Waals surface area contributed by atoms with E-state index in [9.17, 15) is 0 Å². The van der Waals surface area contributed by atoms with Gasteiger partial charge in [-0.15, -0.1) is 0 Å². The van der Waals surface area contributed by atoms with Crippen LogP contribution < -0.4 is 0 Å². The van der Waals surface area contributed by atoms with Crippen molar-refractivity contribution in [2.75, 3.05) is 13.7 Å². The first-order valence-electron chi connectivity index (χ1n) is 2.43. The molecular formula is C5H9N2. The fourth-order valence-corrected chi connectivity index (χ4v) is 0.506. The van der Waals surface area contributed by atoms with E-state index < -0.39 is 0 Å². The SMILES string of the molecule is CC1[C]=NCN1C. The van der Waals surface area contributed by atoms with E-state index in [1.807, 2.05) is 7.05 Å². The Bertz CT molecular complexity index is 88.1. The third kappa shape index (κ3) is 0.800. The van der Waals surface area contributed by atoms with Crippen LogP contribution in [0.4, 0.5) is 0 Å². The van der Waals surface area contributed by atoms with Crippen LogP contribution in [0.1, 0.15) is 6.92 Å². The molecule has 1 rings (SSSR count). The Hall–Kier alpha value is -0.370. The summed E-state index contributed by atoms with van der Waals surface area (Å²) < 4.78 is 0. The van der Waals surface area contributed by atoms with Crippen LogP contribution in [-0.4, -0.2) is 30.9 Å². The molecule has 0 aromatic carbocycles. The summed E-state index contributed by atoms with van der Waals surface area (Å²) in [6.07, 6.45) is 2.92. The van der Waals surface area contributed by atoms with Gasteiger partial charge in [0.15, 0.2) is 0 Å². The molecule has 1 heterocycles. The highest BCUT2D eigenvalue weighted by Gasteiger charge is 2.09. The molecular weight excluding hydrogens is 88.1 g/mol. The van der Waals surface area contributed by atoms with Gasteiger partial charge in [0.05, 0.1) is 18.9 Å². The lowest BCUT2D eigenvalue weighted by molar-refractivity contribution is 0.351. The van der Waals surface area contributed by atoms with Crippen LogP contribution in [0.15, 0.2) is 4.99 Å². The third-order valence-corrected chi connectivity index (χ3v) is 1.23. The van der Waals surface area contributed by atoms with Gasteiger partial charge in [-0.05, 0) is 14.0 Å². The zero-order valence-corrected chi connectivity index (χ0v) is 4.68. The van der Waals surface area contributed by atoms with Crippen LogP contribution in [0, 0.1) is 0 Å². The Morgan fingerprint density at radius 3 is 2.71 bits per heavy atom. The second-order valence-electron chi connectivity index (χ2n) is 1.86. The lowest BCUT2D eigenvalue weighted by Gasteiger charge is -2.09.